The normalized spacial score (nSPS) is 10.2. The van der Waals surface area contributed by atoms with E-state index in [1.807, 2.05) is 6.07 Å². The SMILES string of the molecule is N#CCC(N)=S.O=Cc1ccc(OCC(F)(F)F)cc1.[C-]#[N+]c1c(N)[nH]c(=S)c(C#N)c1-c1ccc(OCC(F)(F)F)cc1. The second-order valence-electron chi connectivity index (χ2n) is 8.01. The van der Waals surface area contributed by atoms with Gasteiger partial charge in [-0.2, -0.15) is 36.9 Å². The predicted octanol–water partition coefficient (Wildman–Crippen LogP) is 6.98. The number of rotatable bonds is 7. The standard InChI is InChI=1S/C15H9F3N4OS.C9H7F3O2.C3H4N2S/c1-21-12-11(10(6-19)14(24)22-13(12)20)8-2-4-9(5-3-8)23-7-15(16,17)18;10-9(11,12)6-14-8-3-1-7(5-13)2-4-8;4-2-1-3(5)6/h2-5H,7H2,(H3,20,22,24);1-5H,6H2;1H2,(H2,5,6). The molecule has 230 valence electrons. The Hall–Kier alpha value is -5.18. The van der Waals surface area contributed by atoms with Crippen molar-refractivity contribution < 1.29 is 40.6 Å². The zero-order valence-electron chi connectivity index (χ0n) is 22.1. The Morgan fingerprint density at radius 2 is 1.45 bits per heavy atom. The van der Waals surface area contributed by atoms with Crippen molar-refractivity contribution in [3.63, 3.8) is 0 Å². The first-order valence-electron chi connectivity index (χ1n) is 11.6. The molecule has 0 atom stereocenters. The number of H-pyrrole nitrogens is 1. The number of hydrogen-bond acceptors (Lipinski definition) is 8. The highest BCUT2D eigenvalue weighted by atomic mass is 32.1. The van der Waals surface area contributed by atoms with Crippen LogP contribution in [-0.2, 0) is 0 Å². The number of halogens is 6. The maximum Gasteiger partial charge on any atom is 0.422 e. The molecule has 17 heteroatoms. The second-order valence-corrected chi connectivity index (χ2v) is 8.94. The summed E-state index contributed by atoms with van der Waals surface area (Å²) in [5, 5.41) is 17.1. The number of nitrogen functional groups attached to an aromatic ring is 1. The summed E-state index contributed by atoms with van der Waals surface area (Å²) in [5.74, 6) is 0.113. The number of ether oxygens (including phenoxy) is 2. The Morgan fingerprint density at radius 3 is 1.80 bits per heavy atom. The minimum absolute atomic E-state index is 0.00741. The molecule has 0 bridgehead atoms. The molecule has 0 saturated carbocycles. The molecule has 1 heterocycles. The van der Waals surface area contributed by atoms with Crippen LogP contribution in [0, 0.1) is 33.9 Å². The lowest BCUT2D eigenvalue weighted by molar-refractivity contribution is -0.154. The molecule has 2 aromatic carbocycles. The number of aldehydes is 1. The van der Waals surface area contributed by atoms with E-state index in [0.717, 1.165) is 0 Å². The smallest absolute Gasteiger partial charge is 0.422 e. The van der Waals surface area contributed by atoms with Gasteiger partial charge in [0.2, 0.25) is 5.69 Å². The molecule has 0 aliphatic carbocycles. The third kappa shape index (κ3) is 13.2. The van der Waals surface area contributed by atoms with E-state index < -0.39 is 25.6 Å². The number of carbonyl (C=O) groups is 1. The van der Waals surface area contributed by atoms with Crippen LogP contribution in [0.25, 0.3) is 16.0 Å². The summed E-state index contributed by atoms with van der Waals surface area (Å²) in [5.41, 5.74) is 11.8. The average molecular weight is 655 g/mol. The molecule has 3 rings (SSSR count). The number of nitrogens with zero attached hydrogens (tertiary/aromatic N) is 3. The molecule has 3 aromatic rings. The molecular weight excluding hydrogens is 634 g/mol. The maximum absolute atomic E-state index is 12.1. The van der Waals surface area contributed by atoms with E-state index >= 15 is 0 Å². The van der Waals surface area contributed by atoms with Gasteiger partial charge in [-0.05, 0) is 42.0 Å². The molecule has 0 spiro atoms. The number of thiocarbonyl (C=S) groups is 1. The van der Waals surface area contributed by atoms with E-state index in [-0.39, 0.29) is 50.2 Å². The third-order valence-electron chi connectivity index (χ3n) is 4.66. The van der Waals surface area contributed by atoms with Crippen molar-refractivity contribution in [2.45, 2.75) is 18.8 Å². The van der Waals surface area contributed by atoms with Crippen LogP contribution in [0.5, 0.6) is 11.5 Å². The van der Waals surface area contributed by atoms with Gasteiger partial charge in [-0.1, -0.05) is 36.6 Å². The van der Waals surface area contributed by atoms with Crippen LogP contribution in [0.1, 0.15) is 22.3 Å². The van der Waals surface area contributed by atoms with E-state index in [0.29, 0.717) is 17.4 Å². The number of benzene rings is 2. The first kappa shape index (κ1) is 36.8. The van der Waals surface area contributed by atoms with Gasteiger partial charge in [0.05, 0.1) is 29.6 Å². The summed E-state index contributed by atoms with van der Waals surface area (Å²) in [7, 11) is 0. The lowest BCUT2D eigenvalue weighted by atomic mass is 10.00. The number of pyridine rings is 1. The van der Waals surface area contributed by atoms with E-state index in [1.165, 1.54) is 48.5 Å². The molecule has 44 heavy (non-hydrogen) atoms. The van der Waals surface area contributed by atoms with Gasteiger partial charge < -0.3 is 25.9 Å². The average Bonchev–Trinajstić information content (AvgIpc) is 2.95. The Bertz CT molecular complexity index is 1620. The summed E-state index contributed by atoms with van der Waals surface area (Å²) in [6, 6.07) is 14.6. The highest BCUT2D eigenvalue weighted by Gasteiger charge is 2.29. The van der Waals surface area contributed by atoms with Gasteiger partial charge in [0.1, 0.15) is 34.3 Å². The number of carbonyl (C=O) groups excluding carboxylic acids is 1. The molecule has 0 fully saturated rings. The summed E-state index contributed by atoms with van der Waals surface area (Å²) in [4.78, 5) is 16.4. The molecule has 1 aromatic heterocycles. The maximum atomic E-state index is 12.1. The van der Waals surface area contributed by atoms with Gasteiger partial charge in [0.25, 0.3) is 0 Å². The Morgan fingerprint density at radius 1 is 0.977 bits per heavy atom. The van der Waals surface area contributed by atoms with Gasteiger partial charge in [0.15, 0.2) is 13.2 Å². The van der Waals surface area contributed by atoms with Crippen molar-refractivity contribution >= 4 is 47.2 Å². The first-order valence-corrected chi connectivity index (χ1v) is 12.4. The lowest BCUT2D eigenvalue weighted by Gasteiger charge is -2.12. The topological polar surface area (TPSA) is 155 Å². The fourth-order valence-electron chi connectivity index (χ4n) is 2.88. The fourth-order valence-corrected chi connectivity index (χ4v) is 3.21. The van der Waals surface area contributed by atoms with E-state index in [2.05, 4.69) is 31.5 Å². The summed E-state index contributed by atoms with van der Waals surface area (Å²) < 4.78 is 80.7. The van der Waals surface area contributed by atoms with Crippen molar-refractivity contribution in [1.82, 2.24) is 4.98 Å². The predicted molar refractivity (Wildman–Crippen MR) is 154 cm³/mol. The summed E-state index contributed by atoms with van der Waals surface area (Å²) in [6.45, 7) is 4.49. The molecule has 0 saturated heterocycles. The Kier molecular flexibility index (Phi) is 14.3. The van der Waals surface area contributed by atoms with E-state index in [4.69, 9.17) is 35.5 Å². The third-order valence-corrected chi connectivity index (χ3v) is 5.11. The minimum atomic E-state index is -4.44. The molecule has 0 amide bonds. The quantitative estimate of drug-likeness (QED) is 0.106. The number of aromatic nitrogens is 1. The van der Waals surface area contributed by atoms with Crippen LogP contribution >= 0.6 is 24.4 Å². The molecule has 0 radical (unpaired) electrons. The molecule has 5 N–H and O–H groups in total. The van der Waals surface area contributed by atoms with Crippen molar-refractivity contribution in [1.29, 1.82) is 10.5 Å². The summed E-state index contributed by atoms with van der Waals surface area (Å²) >= 11 is 9.38. The van der Waals surface area contributed by atoms with Crippen LogP contribution in [0.2, 0.25) is 0 Å². The van der Waals surface area contributed by atoms with Gasteiger partial charge in [-0.15, -0.1) is 0 Å². The van der Waals surface area contributed by atoms with Gasteiger partial charge >= 0.3 is 12.4 Å². The molecule has 0 unspecified atom stereocenters. The number of alkyl halides is 6. The molecule has 0 aliphatic rings. The van der Waals surface area contributed by atoms with Gasteiger partial charge in [-0.3, -0.25) is 4.79 Å². The number of anilines is 1. The van der Waals surface area contributed by atoms with Crippen LogP contribution in [0.4, 0.5) is 37.8 Å². The van der Waals surface area contributed by atoms with Crippen molar-refractivity contribution in [3.05, 3.63) is 75.7 Å². The highest BCUT2D eigenvalue weighted by Crippen LogP contribution is 2.38. The van der Waals surface area contributed by atoms with Gasteiger partial charge in [0, 0.05) is 11.1 Å². The number of nitriles is 2. The number of aromatic amines is 1. The van der Waals surface area contributed by atoms with Crippen LogP contribution < -0.4 is 20.9 Å². The number of hydrogen-bond donors (Lipinski definition) is 3. The minimum Gasteiger partial charge on any atom is -0.484 e. The van der Waals surface area contributed by atoms with Gasteiger partial charge in [-0.25, -0.2) is 4.85 Å². The second kappa shape index (κ2) is 17.1. The van der Waals surface area contributed by atoms with Crippen molar-refractivity contribution in [2.24, 2.45) is 5.73 Å². The molecular formula is C27H20F6N6O3S2. The van der Waals surface area contributed by atoms with Crippen LogP contribution in [-0.4, -0.2) is 41.8 Å². The Balaban J connectivity index is 0.000000407. The van der Waals surface area contributed by atoms with Crippen molar-refractivity contribution in [2.75, 3.05) is 18.9 Å². The Labute approximate surface area is 257 Å². The number of nitrogens with two attached hydrogens (primary N) is 2. The fraction of sp³-hybridized carbons (Fsp3) is 0.185. The summed E-state index contributed by atoms with van der Waals surface area (Å²) in [6.07, 6.45) is -7.99. The van der Waals surface area contributed by atoms with E-state index in [1.54, 1.807) is 6.07 Å². The number of nitrogens with one attached hydrogen (secondary N) is 1. The molecule has 9 nitrogen and oxygen atoms in total. The van der Waals surface area contributed by atoms with Crippen molar-refractivity contribution in [3.8, 4) is 34.8 Å². The molecule has 0 aliphatic heterocycles. The largest absolute Gasteiger partial charge is 0.484 e. The highest BCUT2D eigenvalue weighted by molar-refractivity contribution is 7.80. The zero-order valence-corrected chi connectivity index (χ0v) is 23.8. The van der Waals surface area contributed by atoms with Crippen LogP contribution in [0.3, 0.4) is 0 Å². The zero-order chi connectivity index (χ0) is 33.5. The van der Waals surface area contributed by atoms with Crippen LogP contribution in [0.15, 0.2) is 48.5 Å². The van der Waals surface area contributed by atoms with E-state index in [9.17, 15) is 36.4 Å². The monoisotopic (exact) mass is 654 g/mol. The first-order chi connectivity index (χ1) is 20.5. The lowest BCUT2D eigenvalue weighted by Crippen LogP contribution is -2.19.